The van der Waals surface area contributed by atoms with E-state index in [1.165, 1.54) is 30.4 Å². The van der Waals surface area contributed by atoms with Crippen LogP contribution < -0.4 is 14.8 Å². The van der Waals surface area contributed by atoms with Crippen LogP contribution in [0.15, 0.2) is 12.1 Å². The quantitative estimate of drug-likeness (QED) is 0.900. The van der Waals surface area contributed by atoms with Crippen molar-refractivity contribution in [3.8, 4) is 11.5 Å². The van der Waals surface area contributed by atoms with Crippen molar-refractivity contribution in [3.05, 3.63) is 23.3 Å². The van der Waals surface area contributed by atoms with Gasteiger partial charge in [0.2, 0.25) is 5.91 Å². The molecule has 0 bridgehead atoms. The van der Waals surface area contributed by atoms with Gasteiger partial charge in [0.05, 0.1) is 20.8 Å². The van der Waals surface area contributed by atoms with Gasteiger partial charge in [0.25, 0.3) is 0 Å². The van der Waals surface area contributed by atoms with Crippen LogP contribution in [0.4, 0.5) is 0 Å². The lowest BCUT2D eigenvalue weighted by molar-refractivity contribution is -0.123. The minimum absolute atomic E-state index is 0.158. The van der Waals surface area contributed by atoms with Gasteiger partial charge in [-0.25, -0.2) is 0 Å². The van der Waals surface area contributed by atoms with E-state index in [4.69, 9.17) is 9.47 Å². The molecule has 1 saturated carbocycles. The summed E-state index contributed by atoms with van der Waals surface area (Å²) in [6.07, 6.45) is 6.98. The number of hydrogen-bond donors (Lipinski definition) is 1. The van der Waals surface area contributed by atoms with E-state index in [-0.39, 0.29) is 5.91 Å². The summed E-state index contributed by atoms with van der Waals surface area (Å²) in [6, 6.07) is 4.49. The number of hydrogen-bond acceptors (Lipinski definition) is 4. The normalized spacial score (nSPS) is 18.8. The van der Waals surface area contributed by atoms with Crippen LogP contribution in [-0.4, -0.2) is 44.2 Å². The highest BCUT2D eigenvalue weighted by molar-refractivity contribution is 5.78. The van der Waals surface area contributed by atoms with E-state index in [1.54, 1.807) is 14.2 Å². The number of carbonyl (C=O) groups is 1. The fourth-order valence-corrected chi connectivity index (χ4v) is 3.80. The Morgan fingerprint density at radius 3 is 2.46 bits per heavy atom. The molecule has 3 rings (SSSR count). The molecule has 1 aliphatic carbocycles. The van der Waals surface area contributed by atoms with Crippen molar-refractivity contribution < 1.29 is 14.3 Å². The van der Waals surface area contributed by atoms with E-state index in [2.05, 4.69) is 16.3 Å². The molecule has 1 amide bonds. The van der Waals surface area contributed by atoms with Crippen LogP contribution in [0.25, 0.3) is 0 Å². The summed E-state index contributed by atoms with van der Waals surface area (Å²) in [5.41, 5.74) is 2.51. The lowest BCUT2D eigenvalue weighted by Gasteiger charge is -2.30. The van der Waals surface area contributed by atoms with E-state index in [1.807, 2.05) is 6.07 Å². The Kier molecular flexibility index (Phi) is 5.61. The maximum absolute atomic E-state index is 12.3. The van der Waals surface area contributed by atoms with Gasteiger partial charge >= 0.3 is 0 Å². The first-order valence-electron chi connectivity index (χ1n) is 8.95. The molecule has 0 unspecified atom stereocenters. The molecule has 132 valence electrons. The number of nitrogens with zero attached hydrogens (tertiary/aromatic N) is 1. The van der Waals surface area contributed by atoms with Crippen molar-refractivity contribution in [2.75, 3.05) is 27.3 Å². The Morgan fingerprint density at radius 2 is 1.79 bits per heavy atom. The topological polar surface area (TPSA) is 50.8 Å². The fraction of sp³-hybridized carbons (Fsp3) is 0.632. The molecule has 1 fully saturated rings. The molecule has 5 heteroatoms. The second kappa shape index (κ2) is 7.88. The van der Waals surface area contributed by atoms with Crippen molar-refractivity contribution >= 4 is 5.91 Å². The van der Waals surface area contributed by atoms with Gasteiger partial charge in [-0.1, -0.05) is 19.3 Å². The zero-order valence-corrected chi connectivity index (χ0v) is 14.8. The Bertz CT molecular complexity index is 582. The van der Waals surface area contributed by atoms with Crippen LogP contribution in [0.1, 0.15) is 43.2 Å². The second-order valence-corrected chi connectivity index (χ2v) is 6.84. The molecule has 0 aromatic heterocycles. The number of ether oxygens (including phenoxy) is 2. The predicted octanol–water partition coefficient (Wildman–Crippen LogP) is 2.51. The van der Waals surface area contributed by atoms with Gasteiger partial charge in [0.15, 0.2) is 11.5 Å². The van der Waals surface area contributed by atoms with E-state index in [9.17, 15) is 4.79 Å². The summed E-state index contributed by atoms with van der Waals surface area (Å²) in [6.45, 7) is 2.17. The van der Waals surface area contributed by atoms with Crippen molar-refractivity contribution in [2.45, 2.75) is 51.1 Å². The first-order chi connectivity index (χ1) is 11.7. The second-order valence-electron chi connectivity index (χ2n) is 6.84. The Labute approximate surface area is 144 Å². The molecule has 0 atom stereocenters. The van der Waals surface area contributed by atoms with E-state index >= 15 is 0 Å². The number of benzene rings is 1. The third-order valence-corrected chi connectivity index (χ3v) is 5.13. The summed E-state index contributed by atoms with van der Waals surface area (Å²) in [5.74, 6) is 1.69. The van der Waals surface area contributed by atoms with Crippen molar-refractivity contribution in [2.24, 2.45) is 0 Å². The smallest absolute Gasteiger partial charge is 0.234 e. The van der Waals surface area contributed by atoms with Gasteiger partial charge in [0.1, 0.15) is 0 Å². The van der Waals surface area contributed by atoms with Gasteiger partial charge in [-0.3, -0.25) is 9.69 Å². The van der Waals surface area contributed by atoms with Crippen LogP contribution in [-0.2, 0) is 17.8 Å². The molecule has 24 heavy (non-hydrogen) atoms. The van der Waals surface area contributed by atoms with Gasteiger partial charge in [-0.05, 0) is 42.5 Å². The number of carbonyl (C=O) groups excluding carboxylic acids is 1. The highest BCUT2D eigenvalue weighted by Gasteiger charge is 2.22. The van der Waals surface area contributed by atoms with E-state index in [0.717, 1.165) is 43.9 Å². The van der Waals surface area contributed by atoms with E-state index in [0.29, 0.717) is 12.6 Å². The zero-order valence-electron chi connectivity index (χ0n) is 14.8. The number of rotatable bonds is 5. The molecule has 0 saturated heterocycles. The highest BCUT2D eigenvalue weighted by Crippen LogP contribution is 2.33. The van der Waals surface area contributed by atoms with Crippen molar-refractivity contribution in [1.29, 1.82) is 0 Å². The fourth-order valence-electron chi connectivity index (χ4n) is 3.80. The largest absolute Gasteiger partial charge is 0.493 e. The molecule has 2 aliphatic rings. The molecule has 1 N–H and O–H groups in total. The number of nitrogens with one attached hydrogen (secondary N) is 1. The molecule has 1 aliphatic heterocycles. The van der Waals surface area contributed by atoms with Gasteiger partial charge < -0.3 is 14.8 Å². The van der Waals surface area contributed by atoms with Crippen molar-refractivity contribution in [1.82, 2.24) is 10.2 Å². The van der Waals surface area contributed by atoms with Crippen LogP contribution in [0.5, 0.6) is 11.5 Å². The number of methoxy groups -OCH3 is 2. The molecule has 1 aromatic rings. The molecule has 0 spiro atoms. The zero-order chi connectivity index (χ0) is 16.9. The Morgan fingerprint density at radius 1 is 1.12 bits per heavy atom. The van der Waals surface area contributed by atoms with Gasteiger partial charge in [-0.15, -0.1) is 0 Å². The molecule has 1 aromatic carbocycles. The maximum atomic E-state index is 12.3. The van der Waals surface area contributed by atoms with Gasteiger partial charge in [0, 0.05) is 19.1 Å². The summed E-state index contributed by atoms with van der Waals surface area (Å²) in [5, 5.41) is 3.21. The monoisotopic (exact) mass is 332 g/mol. The van der Waals surface area contributed by atoms with Crippen LogP contribution in [0.3, 0.4) is 0 Å². The Hall–Kier alpha value is -1.75. The molecule has 0 radical (unpaired) electrons. The van der Waals surface area contributed by atoms with Crippen molar-refractivity contribution in [3.63, 3.8) is 0 Å². The molecule has 5 nitrogen and oxygen atoms in total. The number of fused-ring (bicyclic) bond motifs is 1. The first kappa shape index (κ1) is 17.1. The minimum atomic E-state index is 0.158. The minimum Gasteiger partial charge on any atom is -0.493 e. The summed E-state index contributed by atoms with van der Waals surface area (Å²) in [7, 11) is 3.32. The Balaban J connectivity index is 1.59. The molecular weight excluding hydrogens is 304 g/mol. The van der Waals surface area contributed by atoms with Crippen LogP contribution >= 0.6 is 0 Å². The number of amides is 1. The lowest BCUT2D eigenvalue weighted by Crippen LogP contribution is -2.44. The summed E-state index contributed by atoms with van der Waals surface area (Å²) >= 11 is 0. The molecule has 1 heterocycles. The summed E-state index contributed by atoms with van der Waals surface area (Å²) in [4.78, 5) is 14.5. The lowest BCUT2D eigenvalue weighted by atomic mass is 9.95. The SMILES string of the molecule is COc1cc2c(cc1OC)CN(CC(=O)NC1CCCCC1)CC2. The average molecular weight is 332 g/mol. The first-order valence-corrected chi connectivity index (χ1v) is 8.95. The molecular formula is C19H28N2O3. The predicted molar refractivity (Wildman–Crippen MR) is 93.5 cm³/mol. The third kappa shape index (κ3) is 4.01. The summed E-state index contributed by atoms with van der Waals surface area (Å²) < 4.78 is 10.8. The van der Waals surface area contributed by atoms with Gasteiger partial charge in [-0.2, -0.15) is 0 Å². The highest BCUT2D eigenvalue weighted by atomic mass is 16.5. The maximum Gasteiger partial charge on any atom is 0.234 e. The van der Waals surface area contributed by atoms with Crippen LogP contribution in [0, 0.1) is 0 Å². The third-order valence-electron chi connectivity index (χ3n) is 5.13. The standard InChI is InChI=1S/C19H28N2O3/c1-23-17-10-14-8-9-21(12-15(14)11-18(17)24-2)13-19(22)20-16-6-4-3-5-7-16/h10-11,16H,3-9,12-13H2,1-2H3,(H,20,22). The average Bonchev–Trinajstić information content (AvgIpc) is 2.61. The van der Waals surface area contributed by atoms with Crippen LogP contribution in [0.2, 0.25) is 0 Å². The van der Waals surface area contributed by atoms with E-state index < -0.39 is 0 Å².